The average molecular weight is 367 g/mol. The number of carbonyl (C=O) groups excluding carboxylic acids is 1. The Kier molecular flexibility index (Phi) is 5.80. The second kappa shape index (κ2) is 8.09. The van der Waals surface area contributed by atoms with Gasteiger partial charge in [0.05, 0.1) is 5.69 Å². The molecule has 1 aliphatic rings. The van der Waals surface area contributed by atoms with Gasteiger partial charge in [0.1, 0.15) is 5.82 Å². The van der Waals surface area contributed by atoms with Crippen molar-refractivity contribution in [1.82, 2.24) is 15.2 Å². The Morgan fingerprint density at radius 2 is 1.89 bits per heavy atom. The van der Waals surface area contributed by atoms with Crippen LogP contribution in [-0.2, 0) is 0 Å². The molecule has 144 valence electrons. The Labute approximate surface area is 162 Å². The Balaban J connectivity index is 1.76. The molecule has 3 N–H and O–H groups in total. The fraction of sp³-hybridized carbons (Fsp3) is 0.455. The maximum atomic E-state index is 13.0. The number of nitrogens with zero attached hydrogens (tertiary/aromatic N) is 2. The molecule has 0 bridgehead atoms. The number of anilines is 1. The summed E-state index contributed by atoms with van der Waals surface area (Å²) in [5.74, 6) is 0.431. The number of nitrogens with one attached hydrogen (secondary N) is 1. The first kappa shape index (κ1) is 19.4. The SMILES string of the molecule is CC(C)(C)[C@H](CN1CCCC1)NC(=O)c1cccc(-c2cccc(N)n2)c1. The van der Waals surface area contributed by atoms with E-state index in [1.165, 1.54) is 12.8 Å². The highest BCUT2D eigenvalue weighted by atomic mass is 16.1. The molecule has 1 aromatic carbocycles. The fourth-order valence-corrected chi connectivity index (χ4v) is 3.43. The number of benzene rings is 1. The van der Waals surface area contributed by atoms with Crippen molar-refractivity contribution < 1.29 is 4.79 Å². The van der Waals surface area contributed by atoms with Gasteiger partial charge >= 0.3 is 0 Å². The minimum atomic E-state index is -0.0418. The lowest BCUT2D eigenvalue weighted by molar-refractivity contribution is 0.0878. The van der Waals surface area contributed by atoms with Crippen molar-refractivity contribution in [3.8, 4) is 11.3 Å². The first-order chi connectivity index (χ1) is 12.8. The minimum absolute atomic E-state index is 0.00863. The number of rotatable bonds is 5. The van der Waals surface area contributed by atoms with Gasteiger partial charge in [0.2, 0.25) is 0 Å². The number of aromatic nitrogens is 1. The summed E-state index contributed by atoms with van der Waals surface area (Å²) in [4.78, 5) is 19.8. The minimum Gasteiger partial charge on any atom is -0.384 e. The van der Waals surface area contributed by atoms with Crippen molar-refractivity contribution in [1.29, 1.82) is 0 Å². The normalized spacial score (nSPS) is 16.3. The van der Waals surface area contributed by atoms with Gasteiger partial charge in [-0.25, -0.2) is 4.98 Å². The van der Waals surface area contributed by atoms with Gasteiger partial charge in [0.15, 0.2) is 0 Å². The van der Waals surface area contributed by atoms with Gasteiger partial charge in [0, 0.05) is 23.7 Å². The number of nitrogen functional groups attached to an aromatic ring is 1. The summed E-state index contributed by atoms with van der Waals surface area (Å²) in [6, 6.07) is 13.2. The topological polar surface area (TPSA) is 71.2 Å². The van der Waals surface area contributed by atoms with E-state index in [9.17, 15) is 4.79 Å². The number of pyridine rings is 1. The number of hydrogen-bond acceptors (Lipinski definition) is 4. The monoisotopic (exact) mass is 366 g/mol. The summed E-state index contributed by atoms with van der Waals surface area (Å²) in [6.45, 7) is 9.69. The third-order valence-electron chi connectivity index (χ3n) is 5.18. The molecule has 1 saturated heterocycles. The summed E-state index contributed by atoms with van der Waals surface area (Å²) in [6.07, 6.45) is 2.50. The van der Waals surface area contributed by atoms with E-state index < -0.39 is 0 Å². The molecule has 2 heterocycles. The van der Waals surface area contributed by atoms with E-state index in [0.29, 0.717) is 11.4 Å². The number of nitrogens with two attached hydrogens (primary N) is 1. The van der Waals surface area contributed by atoms with Crippen molar-refractivity contribution >= 4 is 11.7 Å². The van der Waals surface area contributed by atoms with E-state index in [-0.39, 0.29) is 17.4 Å². The third-order valence-corrected chi connectivity index (χ3v) is 5.18. The van der Waals surface area contributed by atoms with Crippen LogP contribution in [0.3, 0.4) is 0 Å². The van der Waals surface area contributed by atoms with Crippen LogP contribution in [0.2, 0.25) is 0 Å². The molecule has 0 radical (unpaired) electrons. The van der Waals surface area contributed by atoms with Gasteiger partial charge < -0.3 is 16.0 Å². The number of amides is 1. The van der Waals surface area contributed by atoms with Crippen LogP contribution in [0.25, 0.3) is 11.3 Å². The second-order valence-corrected chi connectivity index (χ2v) is 8.43. The smallest absolute Gasteiger partial charge is 0.251 e. The lowest BCUT2D eigenvalue weighted by Crippen LogP contribution is -2.50. The van der Waals surface area contributed by atoms with Crippen LogP contribution in [0.4, 0.5) is 5.82 Å². The molecule has 27 heavy (non-hydrogen) atoms. The fourth-order valence-electron chi connectivity index (χ4n) is 3.43. The van der Waals surface area contributed by atoms with Gasteiger partial charge in [0.25, 0.3) is 5.91 Å². The first-order valence-electron chi connectivity index (χ1n) is 9.69. The summed E-state index contributed by atoms with van der Waals surface area (Å²) < 4.78 is 0. The van der Waals surface area contributed by atoms with E-state index in [0.717, 1.165) is 30.9 Å². The van der Waals surface area contributed by atoms with E-state index in [1.807, 2.05) is 36.4 Å². The van der Waals surface area contributed by atoms with Crippen molar-refractivity contribution in [2.24, 2.45) is 5.41 Å². The maximum Gasteiger partial charge on any atom is 0.251 e. The molecule has 0 unspecified atom stereocenters. The summed E-state index contributed by atoms with van der Waals surface area (Å²) in [5.41, 5.74) is 8.09. The molecule has 1 fully saturated rings. The van der Waals surface area contributed by atoms with Crippen LogP contribution in [0.15, 0.2) is 42.5 Å². The van der Waals surface area contributed by atoms with Gasteiger partial charge in [-0.2, -0.15) is 0 Å². The summed E-state index contributed by atoms with van der Waals surface area (Å²) in [7, 11) is 0. The highest BCUT2D eigenvalue weighted by Crippen LogP contribution is 2.23. The van der Waals surface area contributed by atoms with Crippen molar-refractivity contribution in [2.75, 3.05) is 25.4 Å². The largest absolute Gasteiger partial charge is 0.384 e. The second-order valence-electron chi connectivity index (χ2n) is 8.43. The van der Waals surface area contributed by atoms with E-state index in [4.69, 9.17) is 5.73 Å². The molecule has 3 rings (SSSR count). The predicted octanol–water partition coefficient (Wildman–Crippen LogP) is 3.57. The van der Waals surface area contributed by atoms with Gasteiger partial charge in [-0.3, -0.25) is 4.79 Å². The van der Waals surface area contributed by atoms with Crippen LogP contribution < -0.4 is 11.1 Å². The molecule has 1 aromatic heterocycles. The maximum absolute atomic E-state index is 13.0. The number of carbonyl (C=O) groups is 1. The predicted molar refractivity (Wildman–Crippen MR) is 110 cm³/mol. The molecule has 1 atom stereocenters. The molecule has 0 saturated carbocycles. The molecule has 0 spiro atoms. The van der Waals surface area contributed by atoms with Gasteiger partial charge in [-0.15, -0.1) is 0 Å². The zero-order chi connectivity index (χ0) is 19.4. The molecule has 5 nitrogen and oxygen atoms in total. The van der Waals surface area contributed by atoms with Crippen LogP contribution in [0.5, 0.6) is 0 Å². The Hall–Kier alpha value is -2.40. The Morgan fingerprint density at radius 3 is 2.56 bits per heavy atom. The molecule has 2 aromatic rings. The number of hydrogen-bond donors (Lipinski definition) is 2. The molecule has 1 amide bonds. The third kappa shape index (κ3) is 5.07. The Morgan fingerprint density at radius 1 is 1.19 bits per heavy atom. The summed E-state index contributed by atoms with van der Waals surface area (Å²) in [5, 5.41) is 3.26. The van der Waals surface area contributed by atoms with Crippen LogP contribution in [0, 0.1) is 5.41 Å². The Bertz CT molecular complexity index is 791. The van der Waals surface area contributed by atoms with Crippen molar-refractivity contribution in [3.63, 3.8) is 0 Å². The summed E-state index contributed by atoms with van der Waals surface area (Å²) >= 11 is 0. The van der Waals surface area contributed by atoms with E-state index >= 15 is 0 Å². The first-order valence-corrected chi connectivity index (χ1v) is 9.69. The standard InChI is InChI=1S/C22H30N4O/c1-22(2,3)19(15-26-12-4-5-13-26)25-21(27)17-9-6-8-16(14-17)18-10-7-11-20(23)24-18/h6-11,14,19H,4-5,12-13,15H2,1-3H3,(H2,23,24)(H,25,27)/t19-/m0/s1. The lowest BCUT2D eigenvalue weighted by atomic mass is 9.86. The van der Waals surface area contributed by atoms with E-state index in [1.54, 1.807) is 6.07 Å². The lowest BCUT2D eigenvalue weighted by Gasteiger charge is -2.34. The molecule has 5 heteroatoms. The van der Waals surface area contributed by atoms with Gasteiger partial charge in [-0.05, 0) is 55.6 Å². The van der Waals surface area contributed by atoms with E-state index in [2.05, 4.69) is 36.0 Å². The van der Waals surface area contributed by atoms with Crippen molar-refractivity contribution in [2.45, 2.75) is 39.7 Å². The highest BCUT2D eigenvalue weighted by molar-refractivity contribution is 5.95. The molecule has 1 aliphatic heterocycles. The molecular weight excluding hydrogens is 336 g/mol. The number of likely N-dealkylation sites (tertiary alicyclic amines) is 1. The zero-order valence-electron chi connectivity index (χ0n) is 16.5. The molecule has 0 aliphatic carbocycles. The quantitative estimate of drug-likeness (QED) is 0.849. The highest BCUT2D eigenvalue weighted by Gasteiger charge is 2.29. The van der Waals surface area contributed by atoms with Crippen LogP contribution in [0.1, 0.15) is 44.0 Å². The molecular formula is C22H30N4O. The zero-order valence-corrected chi connectivity index (χ0v) is 16.5. The average Bonchev–Trinajstić information content (AvgIpc) is 3.13. The van der Waals surface area contributed by atoms with Crippen LogP contribution >= 0.6 is 0 Å². The van der Waals surface area contributed by atoms with Crippen molar-refractivity contribution in [3.05, 3.63) is 48.0 Å². The van der Waals surface area contributed by atoms with Crippen LogP contribution in [-0.4, -0.2) is 41.5 Å². The van der Waals surface area contributed by atoms with Gasteiger partial charge in [-0.1, -0.05) is 39.0 Å².